The Bertz CT molecular complexity index is 337. The van der Waals surface area contributed by atoms with Crippen LogP contribution in [0.2, 0.25) is 0 Å². The molecule has 2 amide bonds. The van der Waals surface area contributed by atoms with Gasteiger partial charge in [0.1, 0.15) is 6.04 Å². The molecule has 1 heterocycles. The highest BCUT2D eigenvalue weighted by Crippen LogP contribution is 2.21. The van der Waals surface area contributed by atoms with E-state index in [0.29, 0.717) is 25.4 Å². The minimum atomic E-state index is -0.851. The van der Waals surface area contributed by atoms with Gasteiger partial charge in [0.15, 0.2) is 0 Å². The van der Waals surface area contributed by atoms with Gasteiger partial charge in [-0.05, 0) is 39.5 Å². The summed E-state index contributed by atoms with van der Waals surface area (Å²) in [6.07, 6.45) is 1.30. The first-order valence-corrected chi connectivity index (χ1v) is 7.33. The maximum Gasteiger partial charge on any atom is 0.242 e. The molecule has 0 unspecified atom stereocenters. The molecule has 20 heavy (non-hydrogen) atoms. The first-order valence-electron chi connectivity index (χ1n) is 7.33. The zero-order valence-electron chi connectivity index (χ0n) is 12.6. The number of piperidine rings is 1. The van der Waals surface area contributed by atoms with Crippen LogP contribution in [0.3, 0.4) is 0 Å². The van der Waals surface area contributed by atoms with Crippen LogP contribution in [0.15, 0.2) is 0 Å². The molecule has 1 rings (SSSR count). The van der Waals surface area contributed by atoms with Gasteiger partial charge in [0.05, 0.1) is 6.10 Å². The molecular weight excluding hydrogens is 258 g/mol. The maximum atomic E-state index is 12.0. The first kappa shape index (κ1) is 16.9. The van der Waals surface area contributed by atoms with Crippen LogP contribution in [0.4, 0.5) is 0 Å². The van der Waals surface area contributed by atoms with Crippen molar-refractivity contribution in [2.24, 2.45) is 11.7 Å². The number of carbonyl (C=O) groups excluding carboxylic acids is 2. The molecule has 116 valence electrons. The first-order chi connectivity index (χ1) is 9.31. The van der Waals surface area contributed by atoms with E-state index < -0.39 is 12.1 Å². The third-order valence-electron chi connectivity index (χ3n) is 3.65. The third kappa shape index (κ3) is 5.09. The van der Waals surface area contributed by atoms with Gasteiger partial charge < -0.3 is 21.1 Å². The van der Waals surface area contributed by atoms with Gasteiger partial charge >= 0.3 is 0 Å². The number of nitrogens with zero attached hydrogens (tertiary/aromatic N) is 1. The van der Waals surface area contributed by atoms with Crippen LogP contribution in [-0.2, 0) is 9.59 Å². The number of rotatable bonds is 5. The van der Waals surface area contributed by atoms with Gasteiger partial charge in [0, 0.05) is 25.6 Å². The zero-order chi connectivity index (χ0) is 15.3. The molecule has 4 N–H and O–H groups in total. The quantitative estimate of drug-likeness (QED) is 0.654. The number of aliphatic hydroxyl groups is 1. The van der Waals surface area contributed by atoms with Crippen LogP contribution in [-0.4, -0.2) is 53.1 Å². The Kier molecular flexibility index (Phi) is 6.42. The molecule has 0 spiro atoms. The molecule has 0 radical (unpaired) electrons. The second-order valence-corrected chi connectivity index (χ2v) is 5.96. The van der Waals surface area contributed by atoms with Crippen molar-refractivity contribution in [1.29, 1.82) is 0 Å². The molecule has 6 nitrogen and oxygen atoms in total. The van der Waals surface area contributed by atoms with Gasteiger partial charge in [-0.3, -0.25) is 9.59 Å². The molecule has 1 aliphatic rings. The number of carbonyl (C=O) groups is 2. The van der Waals surface area contributed by atoms with E-state index in [1.165, 1.54) is 6.92 Å². The van der Waals surface area contributed by atoms with E-state index >= 15 is 0 Å². The number of aliphatic hydroxyl groups excluding tert-OH is 1. The van der Waals surface area contributed by atoms with Gasteiger partial charge in [-0.2, -0.15) is 0 Å². The van der Waals surface area contributed by atoms with Gasteiger partial charge in [0.25, 0.3) is 0 Å². The van der Waals surface area contributed by atoms with Crippen LogP contribution >= 0.6 is 0 Å². The fraction of sp³-hybridized carbons (Fsp3) is 0.857. The van der Waals surface area contributed by atoms with E-state index in [1.807, 2.05) is 13.8 Å². The molecule has 0 saturated carbocycles. The van der Waals surface area contributed by atoms with Crippen molar-refractivity contribution >= 4 is 11.8 Å². The number of nitrogens with two attached hydrogens (primary N) is 1. The minimum absolute atomic E-state index is 0.0745. The molecule has 1 aliphatic heterocycles. The Balaban J connectivity index is 2.36. The van der Waals surface area contributed by atoms with E-state index in [9.17, 15) is 14.7 Å². The predicted octanol–water partition coefficient (Wildman–Crippen LogP) is -0.152. The predicted molar refractivity (Wildman–Crippen MR) is 76.9 cm³/mol. The molecule has 6 heteroatoms. The van der Waals surface area contributed by atoms with Gasteiger partial charge in [0.2, 0.25) is 11.8 Å². The van der Waals surface area contributed by atoms with Crippen LogP contribution in [0.5, 0.6) is 0 Å². The summed E-state index contributed by atoms with van der Waals surface area (Å²) in [6.45, 7) is 6.62. The Hall–Kier alpha value is -1.14. The summed E-state index contributed by atoms with van der Waals surface area (Å²) in [4.78, 5) is 25.4. The largest absolute Gasteiger partial charge is 0.391 e. The molecule has 0 bridgehead atoms. The molecule has 0 aromatic heterocycles. The third-order valence-corrected chi connectivity index (χ3v) is 3.65. The second-order valence-electron chi connectivity index (χ2n) is 5.96. The molecular formula is C14H27N3O3. The summed E-state index contributed by atoms with van der Waals surface area (Å²) in [5, 5.41) is 12.2. The van der Waals surface area contributed by atoms with E-state index in [2.05, 4.69) is 5.32 Å². The molecule has 0 aliphatic carbocycles. The number of amides is 2. The highest BCUT2D eigenvalue weighted by Gasteiger charge is 2.29. The van der Waals surface area contributed by atoms with Gasteiger partial charge in [-0.1, -0.05) is 0 Å². The Morgan fingerprint density at radius 1 is 1.30 bits per heavy atom. The van der Waals surface area contributed by atoms with Crippen molar-refractivity contribution in [3.8, 4) is 0 Å². The highest BCUT2D eigenvalue weighted by atomic mass is 16.3. The summed E-state index contributed by atoms with van der Waals surface area (Å²) in [6, 6.07) is -0.691. The van der Waals surface area contributed by atoms with Crippen molar-refractivity contribution in [2.45, 2.75) is 58.2 Å². The summed E-state index contributed by atoms with van der Waals surface area (Å²) in [7, 11) is 0. The van der Waals surface area contributed by atoms with E-state index in [4.69, 9.17) is 5.73 Å². The van der Waals surface area contributed by atoms with Crippen molar-refractivity contribution in [1.82, 2.24) is 10.2 Å². The van der Waals surface area contributed by atoms with Crippen LogP contribution in [0, 0.1) is 5.92 Å². The fourth-order valence-corrected chi connectivity index (χ4v) is 2.42. The van der Waals surface area contributed by atoms with Crippen LogP contribution in [0.25, 0.3) is 0 Å². The average molecular weight is 285 g/mol. The molecule has 1 fully saturated rings. The molecule has 2 atom stereocenters. The monoisotopic (exact) mass is 285 g/mol. The number of hydrogen-bond donors (Lipinski definition) is 3. The normalized spacial score (nSPS) is 19.8. The van der Waals surface area contributed by atoms with Crippen molar-refractivity contribution < 1.29 is 14.7 Å². The zero-order valence-corrected chi connectivity index (χ0v) is 12.6. The fourth-order valence-electron chi connectivity index (χ4n) is 2.42. The standard InChI is InChI=1S/C14H27N3O3/c1-9(2)16-12(19)8-11-4-6-17(7-5-11)14(20)13(15)10(3)18/h9-11,13,18H,4-8,15H2,1-3H3,(H,16,19)/t10-,13+/m1/s1. The molecule has 0 aromatic carbocycles. The second kappa shape index (κ2) is 7.59. The molecule has 1 saturated heterocycles. The number of likely N-dealkylation sites (tertiary alicyclic amines) is 1. The smallest absolute Gasteiger partial charge is 0.242 e. The van der Waals surface area contributed by atoms with E-state index in [1.54, 1.807) is 4.90 Å². The Morgan fingerprint density at radius 3 is 2.30 bits per heavy atom. The van der Waals surface area contributed by atoms with Gasteiger partial charge in [-0.15, -0.1) is 0 Å². The Labute approximate surface area is 120 Å². The number of hydrogen-bond acceptors (Lipinski definition) is 4. The minimum Gasteiger partial charge on any atom is -0.391 e. The van der Waals surface area contributed by atoms with Gasteiger partial charge in [-0.25, -0.2) is 0 Å². The maximum absolute atomic E-state index is 12.0. The summed E-state index contributed by atoms with van der Waals surface area (Å²) < 4.78 is 0. The highest BCUT2D eigenvalue weighted by molar-refractivity contribution is 5.82. The van der Waals surface area contributed by atoms with Crippen molar-refractivity contribution in [2.75, 3.05) is 13.1 Å². The van der Waals surface area contributed by atoms with E-state index in [-0.39, 0.29) is 17.9 Å². The van der Waals surface area contributed by atoms with E-state index in [0.717, 1.165) is 12.8 Å². The summed E-state index contributed by atoms with van der Waals surface area (Å²) >= 11 is 0. The van der Waals surface area contributed by atoms with Crippen LogP contribution < -0.4 is 11.1 Å². The summed E-state index contributed by atoms with van der Waals surface area (Å²) in [5.74, 6) is 0.191. The lowest BCUT2D eigenvalue weighted by molar-refractivity contribution is -0.136. The lowest BCUT2D eigenvalue weighted by Crippen LogP contribution is -2.51. The summed E-state index contributed by atoms with van der Waals surface area (Å²) in [5.41, 5.74) is 5.66. The molecule has 0 aromatic rings. The number of nitrogens with one attached hydrogen (secondary N) is 1. The Morgan fingerprint density at radius 2 is 1.85 bits per heavy atom. The average Bonchev–Trinajstić information content (AvgIpc) is 2.36. The lowest BCUT2D eigenvalue weighted by Gasteiger charge is -2.33. The SMILES string of the molecule is CC(C)NC(=O)CC1CCN(C(=O)[C@@H](N)[C@@H](C)O)CC1. The van der Waals surface area contributed by atoms with Crippen molar-refractivity contribution in [3.05, 3.63) is 0 Å². The van der Waals surface area contributed by atoms with Crippen molar-refractivity contribution in [3.63, 3.8) is 0 Å². The lowest BCUT2D eigenvalue weighted by atomic mass is 9.92. The topological polar surface area (TPSA) is 95.7 Å². The van der Waals surface area contributed by atoms with Crippen LogP contribution in [0.1, 0.15) is 40.0 Å².